The summed E-state index contributed by atoms with van der Waals surface area (Å²) in [5.74, 6) is -0.0526. The Labute approximate surface area is 277 Å². The van der Waals surface area contributed by atoms with E-state index in [9.17, 15) is 18.3 Å². The summed E-state index contributed by atoms with van der Waals surface area (Å²) in [6.07, 6.45) is 8.02. The molecule has 8 nitrogen and oxygen atoms in total. The van der Waals surface area contributed by atoms with Gasteiger partial charge in [-0.3, -0.25) is 9.78 Å². The number of nitrogens with zero attached hydrogens (tertiary/aromatic N) is 2. The second-order valence-corrected chi connectivity index (χ2v) is 15.9. The molecule has 1 aromatic heterocycles. The predicted octanol–water partition coefficient (Wildman–Crippen LogP) is 6.64. The van der Waals surface area contributed by atoms with E-state index in [1.165, 1.54) is 0 Å². The number of hydrogen-bond acceptors (Lipinski definition) is 7. The molecule has 3 aromatic rings. The van der Waals surface area contributed by atoms with Gasteiger partial charge >= 0.3 is 0 Å². The van der Waals surface area contributed by atoms with Gasteiger partial charge in [0.2, 0.25) is 10.0 Å². The normalized spacial score (nSPS) is 28.7. The van der Waals surface area contributed by atoms with Crippen LogP contribution in [0.4, 0.5) is 5.69 Å². The first-order chi connectivity index (χ1) is 22.0. The molecule has 10 heteroatoms. The van der Waals surface area contributed by atoms with E-state index in [0.717, 1.165) is 55.5 Å². The van der Waals surface area contributed by atoms with Crippen molar-refractivity contribution < 1.29 is 23.1 Å². The van der Waals surface area contributed by atoms with Crippen molar-refractivity contribution in [3.63, 3.8) is 0 Å². The molecular weight excluding hydrogens is 622 g/mol. The molecule has 0 saturated heterocycles. The van der Waals surface area contributed by atoms with Gasteiger partial charge in [-0.05, 0) is 130 Å². The number of rotatable bonds is 1. The van der Waals surface area contributed by atoms with E-state index in [4.69, 9.17) is 16.3 Å². The summed E-state index contributed by atoms with van der Waals surface area (Å²) >= 11 is 6.35. The molecule has 2 aliphatic heterocycles. The van der Waals surface area contributed by atoms with Crippen LogP contribution in [0.1, 0.15) is 86.0 Å². The van der Waals surface area contributed by atoms with Gasteiger partial charge in [0.05, 0.1) is 16.6 Å². The van der Waals surface area contributed by atoms with E-state index in [1.54, 1.807) is 31.3 Å². The maximum absolute atomic E-state index is 13.5. The molecular formula is C36H44ClN3O5S. The standard InChI is InChI=1S/C36H44ClN3O5S/c1-24-8-7-17-36(42,34-10-3-5-18-38-34)31-15-12-28(31)22-40-19-6-4-9-26-20-30(37)14-11-29(26)23-45-33-16-13-27(21-32(33)40)35(41)39-46(43,44)25(24)2/h3,5,10-11,13-14,16,18,20-21,24-25,28,31,42H,4,6-9,12,15,17,19,22-23H2,1-2H3,(H,39,41)/t24-,25+,28-,31+,36-/m0/s1. The number of halogens is 1. The van der Waals surface area contributed by atoms with Crippen molar-refractivity contribution in [2.45, 2.75) is 82.7 Å². The highest BCUT2D eigenvalue weighted by Crippen LogP contribution is 2.50. The third-order valence-electron chi connectivity index (χ3n) is 10.6. The topological polar surface area (TPSA) is 109 Å². The van der Waals surface area contributed by atoms with Gasteiger partial charge in [0.1, 0.15) is 18.0 Å². The van der Waals surface area contributed by atoms with Gasteiger partial charge in [0, 0.05) is 29.9 Å². The SMILES string of the molecule is C[C@@H]1[C@@H](C)CCC[C@@](O)(c2ccccn2)[C@@H]2CC[C@H]2CN2CCCCc3cc(Cl)ccc3COc3ccc(cc32)C(=O)NS1(=O)=O. The molecule has 246 valence electrons. The first-order valence-electron chi connectivity index (χ1n) is 16.5. The molecule has 2 aromatic carbocycles. The number of aromatic nitrogens is 1. The number of fused-ring (bicyclic) bond motifs is 3. The van der Waals surface area contributed by atoms with E-state index in [0.29, 0.717) is 48.9 Å². The molecule has 3 heterocycles. The number of nitrogens with one attached hydrogen (secondary N) is 1. The first kappa shape index (κ1) is 32.8. The van der Waals surface area contributed by atoms with Gasteiger partial charge in [-0.1, -0.05) is 30.7 Å². The summed E-state index contributed by atoms with van der Waals surface area (Å²) in [5.41, 5.74) is 2.79. The molecule has 3 aliphatic rings. The Kier molecular flexibility index (Phi) is 9.65. The highest BCUT2D eigenvalue weighted by molar-refractivity contribution is 7.90. The minimum atomic E-state index is -3.96. The van der Waals surface area contributed by atoms with Crippen molar-refractivity contribution in [1.29, 1.82) is 0 Å². The minimum Gasteiger partial charge on any atom is -0.487 e. The van der Waals surface area contributed by atoms with Crippen molar-refractivity contribution in [3.8, 4) is 5.75 Å². The molecule has 0 radical (unpaired) electrons. The van der Waals surface area contributed by atoms with Crippen LogP contribution in [0.5, 0.6) is 5.75 Å². The van der Waals surface area contributed by atoms with Crippen LogP contribution >= 0.6 is 11.6 Å². The van der Waals surface area contributed by atoms with Crippen molar-refractivity contribution in [1.82, 2.24) is 9.71 Å². The number of aliphatic hydroxyl groups is 1. The van der Waals surface area contributed by atoms with Crippen LogP contribution in [0.3, 0.4) is 0 Å². The zero-order chi connectivity index (χ0) is 32.5. The number of ether oxygens (including phenoxy) is 1. The zero-order valence-electron chi connectivity index (χ0n) is 26.6. The second-order valence-electron chi connectivity index (χ2n) is 13.4. The van der Waals surface area contributed by atoms with E-state index < -0.39 is 26.8 Å². The summed E-state index contributed by atoms with van der Waals surface area (Å²) in [5, 5.41) is 12.4. The Morgan fingerprint density at radius 3 is 2.63 bits per heavy atom. The fraction of sp³-hybridized carbons (Fsp3) is 0.500. The number of aryl methyl sites for hydroxylation is 1. The van der Waals surface area contributed by atoms with Gasteiger partial charge in [-0.2, -0.15) is 0 Å². The molecule has 1 aliphatic carbocycles. The smallest absolute Gasteiger partial charge is 0.264 e. The number of sulfonamides is 1. The minimum absolute atomic E-state index is 0.00722. The molecule has 2 bridgehead atoms. The first-order valence-corrected chi connectivity index (χ1v) is 18.5. The van der Waals surface area contributed by atoms with Crippen LogP contribution in [-0.2, 0) is 28.7 Å². The number of benzene rings is 2. The largest absolute Gasteiger partial charge is 0.487 e. The van der Waals surface area contributed by atoms with Gasteiger partial charge in [-0.25, -0.2) is 13.1 Å². The van der Waals surface area contributed by atoms with Crippen molar-refractivity contribution >= 4 is 33.2 Å². The monoisotopic (exact) mass is 665 g/mol. The number of anilines is 1. The quantitative estimate of drug-likeness (QED) is 0.300. The Bertz CT molecular complexity index is 1670. The number of carbonyl (C=O) groups is 1. The highest BCUT2D eigenvalue weighted by atomic mass is 35.5. The van der Waals surface area contributed by atoms with E-state index in [2.05, 4.69) is 14.6 Å². The molecule has 1 amide bonds. The van der Waals surface area contributed by atoms with E-state index in [1.807, 2.05) is 43.3 Å². The fourth-order valence-corrected chi connectivity index (χ4v) is 8.92. The van der Waals surface area contributed by atoms with Gasteiger partial charge in [0.25, 0.3) is 5.91 Å². The molecule has 1 fully saturated rings. The van der Waals surface area contributed by atoms with Crippen molar-refractivity contribution in [2.24, 2.45) is 17.8 Å². The van der Waals surface area contributed by atoms with E-state index in [-0.39, 0.29) is 23.3 Å². The van der Waals surface area contributed by atoms with Gasteiger partial charge in [-0.15, -0.1) is 0 Å². The molecule has 5 atom stereocenters. The average molecular weight is 666 g/mol. The van der Waals surface area contributed by atoms with Crippen LogP contribution in [0.2, 0.25) is 5.02 Å². The Morgan fingerprint density at radius 2 is 1.87 bits per heavy atom. The number of carbonyl (C=O) groups excluding carboxylic acids is 1. The highest BCUT2D eigenvalue weighted by Gasteiger charge is 2.48. The van der Waals surface area contributed by atoms with Crippen molar-refractivity contribution in [2.75, 3.05) is 18.0 Å². The summed E-state index contributed by atoms with van der Waals surface area (Å²) in [4.78, 5) is 20.4. The van der Waals surface area contributed by atoms with Crippen LogP contribution in [0.15, 0.2) is 60.8 Å². The Morgan fingerprint density at radius 1 is 1.02 bits per heavy atom. The van der Waals surface area contributed by atoms with Crippen LogP contribution < -0.4 is 14.4 Å². The van der Waals surface area contributed by atoms with Gasteiger partial charge < -0.3 is 14.7 Å². The molecule has 0 spiro atoms. The molecule has 6 rings (SSSR count). The number of amides is 1. The summed E-state index contributed by atoms with van der Waals surface area (Å²) in [7, 11) is -3.96. The predicted molar refractivity (Wildman–Crippen MR) is 181 cm³/mol. The third-order valence-corrected chi connectivity index (χ3v) is 12.7. The molecule has 2 N–H and O–H groups in total. The Hall–Kier alpha value is -3.14. The van der Waals surface area contributed by atoms with Gasteiger partial charge in [0.15, 0.2) is 0 Å². The summed E-state index contributed by atoms with van der Waals surface area (Å²) in [6, 6.07) is 16.7. The van der Waals surface area contributed by atoms with Crippen molar-refractivity contribution in [3.05, 3.63) is 88.2 Å². The maximum Gasteiger partial charge on any atom is 0.264 e. The average Bonchev–Trinajstić information content (AvgIpc) is 3.05. The lowest BCUT2D eigenvalue weighted by Crippen LogP contribution is -2.49. The number of pyridine rings is 1. The lowest BCUT2D eigenvalue weighted by molar-refractivity contribution is -0.0978. The Balaban J connectivity index is 1.42. The fourth-order valence-electron chi connectivity index (χ4n) is 7.42. The van der Waals surface area contributed by atoms with E-state index >= 15 is 0 Å². The van der Waals surface area contributed by atoms with Crippen LogP contribution in [0, 0.1) is 17.8 Å². The third kappa shape index (κ3) is 6.78. The molecule has 1 saturated carbocycles. The molecule has 46 heavy (non-hydrogen) atoms. The second kappa shape index (κ2) is 13.5. The molecule has 0 unspecified atom stereocenters. The lowest BCUT2D eigenvalue weighted by Gasteiger charge is -2.49. The lowest BCUT2D eigenvalue weighted by atomic mass is 9.62. The van der Waals surface area contributed by atoms with Crippen LogP contribution in [-0.4, -0.2) is 42.8 Å². The van der Waals surface area contributed by atoms with Crippen LogP contribution in [0.25, 0.3) is 0 Å². The zero-order valence-corrected chi connectivity index (χ0v) is 28.2. The number of hydrogen-bond donors (Lipinski definition) is 2. The summed E-state index contributed by atoms with van der Waals surface area (Å²) < 4.78 is 35.6. The summed E-state index contributed by atoms with van der Waals surface area (Å²) in [6.45, 7) is 5.27. The maximum atomic E-state index is 13.5.